The van der Waals surface area contributed by atoms with Crippen LogP contribution >= 0.6 is 0 Å². The molecular formula is C20H11FN2. The van der Waals surface area contributed by atoms with Crippen LogP contribution in [-0.4, -0.2) is 4.98 Å². The summed E-state index contributed by atoms with van der Waals surface area (Å²) in [5, 5.41) is 9.74. The van der Waals surface area contributed by atoms with E-state index in [0.29, 0.717) is 11.1 Å². The van der Waals surface area contributed by atoms with Crippen LogP contribution in [0.15, 0.2) is 66.9 Å². The molecule has 23 heavy (non-hydrogen) atoms. The Balaban J connectivity index is 2.07. The fourth-order valence-electron chi connectivity index (χ4n) is 3.03. The van der Waals surface area contributed by atoms with Crippen LogP contribution < -0.4 is 0 Å². The molecule has 1 aliphatic carbocycles. The third-order valence-corrected chi connectivity index (χ3v) is 4.02. The number of rotatable bonds is 1. The van der Waals surface area contributed by atoms with Gasteiger partial charge in [-0.05, 0) is 29.3 Å². The second-order valence-corrected chi connectivity index (χ2v) is 5.31. The quantitative estimate of drug-likeness (QED) is 0.478. The Morgan fingerprint density at radius 1 is 0.870 bits per heavy atom. The predicted octanol–water partition coefficient (Wildman–Crippen LogP) is 4.68. The third-order valence-electron chi connectivity index (χ3n) is 4.02. The first-order valence-corrected chi connectivity index (χ1v) is 7.25. The zero-order chi connectivity index (χ0) is 15.8. The number of pyridine rings is 1. The van der Waals surface area contributed by atoms with Crippen molar-refractivity contribution in [3.05, 3.63) is 89.4 Å². The number of fused-ring (bicyclic) bond motifs is 3. The van der Waals surface area contributed by atoms with Crippen LogP contribution in [0.5, 0.6) is 0 Å². The summed E-state index contributed by atoms with van der Waals surface area (Å²) in [5.74, 6) is -0.315. The lowest BCUT2D eigenvalue weighted by atomic mass is 9.94. The minimum absolute atomic E-state index is 0.315. The van der Waals surface area contributed by atoms with Crippen molar-refractivity contribution >= 4 is 11.1 Å². The maximum Gasteiger partial charge on any atom is 0.123 e. The van der Waals surface area contributed by atoms with Gasteiger partial charge in [0.1, 0.15) is 11.9 Å². The van der Waals surface area contributed by atoms with Crippen LogP contribution in [0.2, 0.25) is 0 Å². The van der Waals surface area contributed by atoms with Crippen LogP contribution in [0.1, 0.15) is 16.7 Å². The van der Waals surface area contributed by atoms with E-state index in [-0.39, 0.29) is 5.82 Å². The Morgan fingerprint density at radius 3 is 2.30 bits per heavy atom. The van der Waals surface area contributed by atoms with Crippen molar-refractivity contribution in [3.63, 3.8) is 0 Å². The number of hydrogen-bond donors (Lipinski definition) is 0. The Hall–Kier alpha value is -3.25. The fraction of sp³-hybridized carbons (Fsp3) is 0. The maximum absolute atomic E-state index is 13.2. The molecule has 0 spiro atoms. The Kier molecular flexibility index (Phi) is 3.03. The monoisotopic (exact) mass is 298 g/mol. The lowest BCUT2D eigenvalue weighted by Crippen LogP contribution is -1.90. The van der Waals surface area contributed by atoms with Gasteiger partial charge in [0.2, 0.25) is 0 Å². The first kappa shape index (κ1) is 13.4. The molecule has 0 aliphatic heterocycles. The standard InChI is InChI=1S/C20H11FN2/c21-14-9-7-13(8-10-14)18(12-22)19-15-4-1-2-5-16(15)20-17(19)6-3-11-23-20/h1-11H/b19-18-. The Bertz CT molecular complexity index is 932. The highest BCUT2D eigenvalue weighted by molar-refractivity contribution is 6.12. The summed E-state index contributed by atoms with van der Waals surface area (Å²) < 4.78 is 13.2. The predicted molar refractivity (Wildman–Crippen MR) is 87.6 cm³/mol. The molecule has 2 aromatic carbocycles. The summed E-state index contributed by atoms with van der Waals surface area (Å²) in [4.78, 5) is 4.47. The summed E-state index contributed by atoms with van der Waals surface area (Å²) in [6, 6.07) is 20.1. The average molecular weight is 298 g/mol. The zero-order valence-electron chi connectivity index (χ0n) is 12.1. The molecule has 2 nitrogen and oxygen atoms in total. The number of halogens is 1. The highest BCUT2D eigenvalue weighted by Gasteiger charge is 2.27. The first-order valence-electron chi connectivity index (χ1n) is 7.25. The van der Waals surface area contributed by atoms with Crippen LogP contribution in [0.25, 0.3) is 22.4 Å². The molecule has 3 heteroatoms. The van der Waals surface area contributed by atoms with E-state index >= 15 is 0 Å². The van der Waals surface area contributed by atoms with Crippen LogP contribution in [-0.2, 0) is 0 Å². The molecule has 0 bridgehead atoms. The van der Waals surface area contributed by atoms with E-state index in [4.69, 9.17) is 0 Å². The van der Waals surface area contributed by atoms with Crippen molar-refractivity contribution in [2.24, 2.45) is 0 Å². The molecule has 1 heterocycles. The molecule has 4 rings (SSSR count). The third kappa shape index (κ3) is 2.04. The molecule has 0 saturated carbocycles. The van der Waals surface area contributed by atoms with Crippen molar-refractivity contribution in [2.75, 3.05) is 0 Å². The van der Waals surface area contributed by atoms with E-state index in [9.17, 15) is 9.65 Å². The molecule has 1 aliphatic rings. The van der Waals surface area contributed by atoms with Crippen molar-refractivity contribution in [1.29, 1.82) is 5.26 Å². The van der Waals surface area contributed by atoms with Gasteiger partial charge in [-0.25, -0.2) is 4.39 Å². The fourth-order valence-corrected chi connectivity index (χ4v) is 3.03. The van der Waals surface area contributed by atoms with Gasteiger partial charge < -0.3 is 0 Å². The Labute approximate surface area is 133 Å². The summed E-state index contributed by atoms with van der Waals surface area (Å²) in [6.45, 7) is 0. The largest absolute Gasteiger partial charge is 0.256 e. The Morgan fingerprint density at radius 2 is 1.57 bits per heavy atom. The van der Waals surface area contributed by atoms with Gasteiger partial charge in [0, 0.05) is 22.9 Å². The summed E-state index contributed by atoms with van der Waals surface area (Å²) in [5.41, 5.74) is 5.93. The number of hydrogen-bond acceptors (Lipinski definition) is 2. The average Bonchev–Trinajstić information content (AvgIpc) is 2.93. The van der Waals surface area contributed by atoms with Gasteiger partial charge in [0.25, 0.3) is 0 Å². The van der Waals surface area contributed by atoms with Crippen molar-refractivity contribution < 1.29 is 4.39 Å². The van der Waals surface area contributed by atoms with E-state index in [2.05, 4.69) is 11.1 Å². The highest BCUT2D eigenvalue weighted by atomic mass is 19.1. The molecule has 108 valence electrons. The topological polar surface area (TPSA) is 36.7 Å². The number of aromatic nitrogens is 1. The SMILES string of the molecule is N#C/C(=C1\c2ccccc2-c2ncccc21)c1ccc(F)cc1. The van der Waals surface area contributed by atoms with Gasteiger partial charge in [0.15, 0.2) is 0 Å². The highest BCUT2D eigenvalue weighted by Crippen LogP contribution is 2.45. The van der Waals surface area contributed by atoms with Gasteiger partial charge in [-0.15, -0.1) is 0 Å². The number of allylic oxidation sites excluding steroid dienone is 1. The maximum atomic E-state index is 13.2. The van der Waals surface area contributed by atoms with Gasteiger partial charge in [-0.2, -0.15) is 5.26 Å². The molecule has 0 unspecified atom stereocenters. The molecule has 0 N–H and O–H groups in total. The van der Waals surface area contributed by atoms with Crippen molar-refractivity contribution in [1.82, 2.24) is 4.98 Å². The smallest absolute Gasteiger partial charge is 0.123 e. The van der Waals surface area contributed by atoms with Gasteiger partial charge in [-0.3, -0.25) is 4.98 Å². The summed E-state index contributed by atoms with van der Waals surface area (Å²) >= 11 is 0. The lowest BCUT2D eigenvalue weighted by Gasteiger charge is -2.07. The second kappa shape index (κ2) is 5.19. The molecule has 0 radical (unpaired) electrons. The molecule has 0 atom stereocenters. The van der Waals surface area contributed by atoms with Crippen molar-refractivity contribution in [3.8, 4) is 17.3 Å². The lowest BCUT2D eigenvalue weighted by molar-refractivity contribution is 0.627. The normalized spacial score (nSPS) is 13.9. The van der Waals surface area contributed by atoms with Crippen molar-refractivity contribution in [2.45, 2.75) is 0 Å². The molecule has 0 fully saturated rings. The molecule has 0 saturated heterocycles. The summed E-state index contributed by atoms with van der Waals surface area (Å²) in [6.07, 6.45) is 1.75. The molecule has 0 amide bonds. The van der Waals surface area contributed by atoms with Gasteiger partial charge >= 0.3 is 0 Å². The second-order valence-electron chi connectivity index (χ2n) is 5.31. The van der Waals surface area contributed by atoms with Crippen LogP contribution in [0.4, 0.5) is 4.39 Å². The van der Waals surface area contributed by atoms with E-state index in [1.807, 2.05) is 36.4 Å². The number of benzene rings is 2. The minimum atomic E-state index is -0.315. The first-order chi connectivity index (χ1) is 11.3. The molecule has 3 aromatic rings. The van der Waals surface area contributed by atoms with E-state index < -0.39 is 0 Å². The van der Waals surface area contributed by atoms with Gasteiger partial charge in [0.05, 0.1) is 11.3 Å². The zero-order valence-corrected chi connectivity index (χ0v) is 12.1. The number of nitrogens with zero attached hydrogens (tertiary/aromatic N) is 2. The molecular weight excluding hydrogens is 287 g/mol. The van der Waals surface area contributed by atoms with Crippen LogP contribution in [0, 0.1) is 17.1 Å². The van der Waals surface area contributed by atoms with Gasteiger partial charge in [-0.1, -0.05) is 42.5 Å². The minimum Gasteiger partial charge on any atom is -0.256 e. The molecule has 1 aromatic heterocycles. The van der Waals surface area contributed by atoms with E-state index in [1.54, 1.807) is 18.3 Å². The summed E-state index contributed by atoms with van der Waals surface area (Å²) in [7, 11) is 0. The van der Waals surface area contributed by atoms with Crippen LogP contribution in [0.3, 0.4) is 0 Å². The van der Waals surface area contributed by atoms with E-state index in [0.717, 1.165) is 28.0 Å². The number of nitriles is 1. The van der Waals surface area contributed by atoms with E-state index in [1.165, 1.54) is 12.1 Å².